The fraction of sp³-hybridized carbons (Fsp3) is 0.800. The van der Waals surface area contributed by atoms with Gasteiger partial charge in [0, 0.05) is 45.2 Å². The Morgan fingerprint density at radius 1 is 0.864 bits per heavy atom. The number of carbonyl (C=O) groups is 3. The number of morpholine rings is 1. The standard InChI is InChI=1S/C15H25N3O4/c1-3-12(2)13(19)16-4-6-17(7-5-16)14(20)15(21)18-8-10-22-11-9-18/h12H,3-11H2,1-2H3. The summed E-state index contributed by atoms with van der Waals surface area (Å²) in [6, 6.07) is 0. The molecule has 2 saturated heterocycles. The van der Waals surface area contributed by atoms with Crippen molar-refractivity contribution in [1.29, 1.82) is 0 Å². The molecular formula is C15H25N3O4. The van der Waals surface area contributed by atoms with Crippen LogP contribution in [0.25, 0.3) is 0 Å². The maximum atomic E-state index is 12.3. The van der Waals surface area contributed by atoms with Gasteiger partial charge >= 0.3 is 11.8 Å². The SMILES string of the molecule is CCC(C)C(=O)N1CCN(C(=O)C(=O)N2CCOCC2)CC1. The molecule has 22 heavy (non-hydrogen) atoms. The highest BCUT2D eigenvalue weighted by Gasteiger charge is 2.31. The third kappa shape index (κ3) is 3.76. The van der Waals surface area contributed by atoms with Gasteiger partial charge in [0.25, 0.3) is 0 Å². The van der Waals surface area contributed by atoms with E-state index in [9.17, 15) is 14.4 Å². The summed E-state index contributed by atoms with van der Waals surface area (Å²) in [5, 5.41) is 0. The zero-order chi connectivity index (χ0) is 16.1. The highest BCUT2D eigenvalue weighted by Crippen LogP contribution is 2.11. The van der Waals surface area contributed by atoms with Gasteiger partial charge in [0.1, 0.15) is 0 Å². The third-order valence-corrected chi connectivity index (χ3v) is 4.39. The van der Waals surface area contributed by atoms with E-state index in [0.29, 0.717) is 52.5 Å². The average Bonchev–Trinajstić information content (AvgIpc) is 2.60. The molecule has 0 bridgehead atoms. The quantitative estimate of drug-likeness (QED) is 0.649. The minimum Gasteiger partial charge on any atom is -0.378 e. The van der Waals surface area contributed by atoms with Crippen molar-refractivity contribution in [3.63, 3.8) is 0 Å². The van der Waals surface area contributed by atoms with Crippen LogP contribution in [0.2, 0.25) is 0 Å². The van der Waals surface area contributed by atoms with Crippen LogP contribution in [0.4, 0.5) is 0 Å². The van der Waals surface area contributed by atoms with Crippen LogP contribution in [0, 0.1) is 5.92 Å². The van der Waals surface area contributed by atoms with E-state index in [1.165, 1.54) is 0 Å². The van der Waals surface area contributed by atoms with E-state index in [4.69, 9.17) is 4.74 Å². The van der Waals surface area contributed by atoms with Crippen LogP contribution >= 0.6 is 0 Å². The molecule has 2 heterocycles. The molecule has 0 aromatic rings. The summed E-state index contributed by atoms with van der Waals surface area (Å²) in [4.78, 5) is 41.4. The predicted molar refractivity (Wildman–Crippen MR) is 80.0 cm³/mol. The lowest BCUT2D eigenvalue weighted by Crippen LogP contribution is -2.56. The van der Waals surface area contributed by atoms with E-state index in [2.05, 4.69) is 0 Å². The number of nitrogens with zero attached hydrogens (tertiary/aromatic N) is 3. The molecule has 0 aliphatic carbocycles. The molecule has 2 rings (SSSR count). The van der Waals surface area contributed by atoms with Crippen molar-refractivity contribution < 1.29 is 19.1 Å². The van der Waals surface area contributed by atoms with Gasteiger partial charge < -0.3 is 19.4 Å². The first kappa shape index (κ1) is 16.7. The number of piperazine rings is 1. The van der Waals surface area contributed by atoms with Crippen LogP contribution in [0.1, 0.15) is 20.3 Å². The summed E-state index contributed by atoms with van der Waals surface area (Å²) in [5.41, 5.74) is 0. The number of ether oxygens (including phenoxy) is 1. The fourth-order valence-electron chi connectivity index (χ4n) is 2.65. The molecule has 0 saturated carbocycles. The van der Waals surface area contributed by atoms with Crippen molar-refractivity contribution in [2.45, 2.75) is 20.3 Å². The van der Waals surface area contributed by atoms with Gasteiger partial charge in [-0.3, -0.25) is 14.4 Å². The molecule has 0 radical (unpaired) electrons. The van der Waals surface area contributed by atoms with Crippen molar-refractivity contribution in [2.24, 2.45) is 5.92 Å². The Kier molecular flexibility index (Phi) is 5.76. The Morgan fingerprint density at radius 3 is 1.82 bits per heavy atom. The lowest BCUT2D eigenvalue weighted by molar-refractivity contribution is -0.156. The summed E-state index contributed by atoms with van der Waals surface area (Å²) >= 11 is 0. The summed E-state index contributed by atoms with van der Waals surface area (Å²) in [7, 11) is 0. The van der Waals surface area contributed by atoms with Crippen LogP contribution in [-0.4, -0.2) is 84.9 Å². The van der Waals surface area contributed by atoms with Gasteiger partial charge in [-0.05, 0) is 6.42 Å². The number of rotatable bonds is 2. The smallest absolute Gasteiger partial charge is 0.312 e. The fourth-order valence-corrected chi connectivity index (χ4v) is 2.65. The second kappa shape index (κ2) is 7.58. The van der Waals surface area contributed by atoms with E-state index in [0.717, 1.165) is 6.42 Å². The van der Waals surface area contributed by atoms with Crippen LogP contribution in [0.15, 0.2) is 0 Å². The molecule has 1 unspecified atom stereocenters. The number of carbonyl (C=O) groups excluding carboxylic acids is 3. The Bertz CT molecular complexity index is 427. The Balaban J connectivity index is 1.84. The van der Waals surface area contributed by atoms with Crippen LogP contribution < -0.4 is 0 Å². The maximum Gasteiger partial charge on any atom is 0.312 e. The van der Waals surface area contributed by atoms with Crippen molar-refractivity contribution in [3.05, 3.63) is 0 Å². The van der Waals surface area contributed by atoms with E-state index in [-0.39, 0.29) is 11.8 Å². The van der Waals surface area contributed by atoms with Gasteiger partial charge in [0.05, 0.1) is 13.2 Å². The molecule has 0 N–H and O–H groups in total. The minimum absolute atomic E-state index is 0.0113. The highest BCUT2D eigenvalue weighted by atomic mass is 16.5. The van der Waals surface area contributed by atoms with E-state index >= 15 is 0 Å². The van der Waals surface area contributed by atoms with Gasteiger partial charge in [-0.25, -0.2) is 0 Å². The third-order valence-electron chi connectivity index (χ3n) is 4.39. The molecule has 0 aromatic carbocycles. The number of hydrogen-bond acceptors (Lipinski definition) is 4. The van der Waals surface area contributed by atoms with E-state index in [1.807, 2.05) is 13.8 Å². The summed E-state index contributed by atoms with van der Waals surface area (Å²) in [6.45, 7) is 7.68. The van der Waals surface area contributed by atoms with Gasteiger partial charge in [0.2, 0.25) is 5.91 Å². The molecule has 3 amide bonds. The van der Waals surface area contributed by atoms with E-state index < -0.39 is 11.8 Å². The van der Waals surface area contributed by atoms with Crippen LogP contribution in [0.5, 0.6) is 0 Å². The van der Waals surface area contributed by atoms with Gasteiger partial charge in [-0.15, -0.1) is 0 Å². The zero-order valence-corrected chi connectivity index (χ0v) is 13.4. The zero-order valence-electron chi connectivity index (χ0n) is 13.4. The summed E-state index contributed by atoms with van der Waals surface area (Å²) in [5.74, 6) is -0.770. The second-order valence-electron chi connectivity index (χ2n) is 5.83. The number of hydrogen-bond donors (Lipinski definition) is 0. The predicted octanol–water partition coefficient (Wildman–Crippen LogP) is -0.438. The van der Waals surface area contributed by atoms with Crippen LogP contribution in [0.3, 0.4) is 0 Å². The lowest BCUT2D eigenvalue weighted by atomic mass is 10.1. The lowest BCUT2D eigenvalue weighted by Gasteiger charge is -2.36. The van der Waals surface area contributed by atoms with Crippen molar-refractivity contribution in [1.82, 2.24) is 14.7 Å². The summed E-state index contributed by atoms with van der Waals surface area (Å²) in [6.07, 6.45) is 0.813. The molecule has 2 aliphatic heterocycles. The normalized spacial score (nSPS) is 20.7. The first-order valence-electron chi connectivity index (χ1n) is 7.99. The molecule has 124 valence electrons. The molecule has 7 heteroatoms. The maximum absolute atomic E-state index is 12.3. The Hall–Kier alpha value is -1.63. The molecule has 2 fully saturated rings. The van der Waals surface area contributed by atoms with Gasteiger partial charge in [-0.2, -0.15) is 0 Å². The first-order valence-corrected chi connectivity index (χ1v) is 7.99. The average molecular weight is 311 g/mol. The molecule has 7 nitrogen and oxygen atoms in total. The first-order chi connectivity index (χ1) is 10.5. The Labute approximate surface area is 131 Å². The molecular weight excluding hydrogens is 286 g/mol. The second-order valence-corrected chi connectivity index (χ2v) is 5.83. The van der Waals surface area contributed by atoms with E-state index in [1.54, 1.807) is 14.7 Å². The van der Waals surface area contributed by atoms with Gasteiger partial charge in [-0.1, -0.05) is 13.8 Å². The monoisotopic (exact) mass is 311 g/mol. The minimum atomic E-state index is -0.461. The van der Waals surface area contributed by atoms with Crippen LogP contribution in [-0.2, 0) is 19.1 Å². The molecule has 1 atom stereocenters. The number of amides is 3. The molecule has 0 aromatic heterocycles. The van der Waals surface area contributed by atoms with Crippen molar-refractivity contribution in [2.75, 3.05) is 52.5 Å². The topological polar surface area (TPSA) is 70.2 Å². The molecule has 2 aliphatic rings. The van der Waals surface area contributed by atoms with Crippen molar-refractivity contribution in [3.8, 4) is 0 Å². The van der Waals surface area contributed by atoms with Crippen molar-refractivity contribution >= 4 is 17.7 Å². The Morgan fingerprint density at radius 2 is 1.32 bits per heavy atom. The largest absolute Gasteiger partial charge is 0.378 e. The summed E-state index contributed by atoms with van der Waals surface area (Å²) < 4.78 is 5.19. The highest BCUT2D eigenvalue weighted by molar-refractivity contribution is 6.34. The van der Waals surface area contributed by atoms with Gasteiger partial charge in [0.15, 0.2) is 0 Å². The molecule has 0 spiro atoms.